The minimum absolute atomic E-state index is 0. The van der Waals surface area contributed by atoms with E-state index in [1.807, 2.05) is 52.0 Å². The van der Waals surface area contributed by atoms with Gasteiger partial charge in [0.2, 0.25) is 0 Å². The molecule has 65 heavy (non-hydrogen) atoms. The van der Waals surface area contributed by atoms with E-state index < -0.39 is 17.6 Å². The van der Waals surface area contributed by atoms with E-state index >= 15 is 0 Å². The van der Waals surface area contributed by atoms with E-state index in [2.05, 4.69) is 47.8 Å². The van der Waals surface area contributed by atoms with Crippen molar-refractivity contribution >= 4 is 63.8 Å². The number of allylic oxidation sites excluding steroid dienone is 9. The summed E-state index contributed by atoms with van der Waals surface area (Å²) >= 11 is 0. The summed E-state index contributed by atoms with van der Waals surface area (Å²) in [5.74, 6) is -0.396. The third kappa shape index (κ3) is 11.4. The van der Waals surface area contributed by atoms with E-state index in [9.17, 15) is 14.7 Å². The van der Waals surface area contributed by atoms with Gasteiger partial charge in [0.1, 0.15) is 6.61 Å². The molecule has 0 N–H and O–H groups in total. The smallest absolute Gasteiger partial charge is 0.874 e. The Labute approximate surface area is 403 Å². The topological polar surface area (TPSA) is 127 Å². The number of fused-ring (bicyclic) bond motifs is 5. The molecular weight excluding hydrogens is 821 g/mol. The molecule has 3 atom stereocenters. The Kier molecular flexibility index (Phi) is 17.8. The minimum Gasteiger partial charge on any atom is -0.874 e. The molecule has 4 aliphatic heterocycles. The molecule has 5 aliphatic rings. The zero-order chi connectivity index (χ0) is 46.4. The molecule has 1 aromatic rings. The second-order valence-corrected chi connectivity index (χ2v) is 18.8. The number of aromatic nitrogens is 1. The molecule has 0 saturated heterocycles. The van der Waals surface area contributed by atoms with Gasteiger partial charge in [-0.05, 0) is 118 Å². The van der Waals surface area contributed by atoms with Crippen molar-refractivity contribution in [3.8, 4) is 0 Å². The molecule has 0 radical (unpaired) electrons. The maximum absolute atomic E-state index is 14.3. The Morgan fingerprint density at radius 1 is 0.815 bits per heavy atom. The molecule has 0 aromatic carbocycles. The fraction of sp³-hybridized carbons (Fsp3) is 0.473. The monoisotopic (exact) mass is 889 g/mol. The van der Waals surface area contributed by atoms with E-state index in [1.165, 1.54) is 57.6 Å². The Balaban J connectivity index is 0.00000793. The summed E-state index contributed by atoms with van der Waals surface area (Å²) in [6.45, 7) is 27.6. The molecule has 8 bridgehead atoms. The normalized spacial score (nSPS) is 18.9. The number of hydrogen-bond donors (Lipinski definition) is 0. The standard InChI is InChI=1S/C55H69N4O5.Mg/c1-13-39-35(8)42-28-44-37(10)41(24-25-48(60)64-27-26-34(7)23-17-22-33(6)21-16-20-32(5)19-15-18-31(3)4)52(58-44)50-51(55(62)63-12)54(61)49-38(11)45(59-53(49)50)30-47-40(14-2)36(9)43(57-47)29-46(39)56-42;/h13-14,26,28-33,51H,1-2,15-25,27H2,3-12H3,(H-,56,57,58,59,61);/q-1;+2/p-1/b34-26+,42-28?,43-29?,44-28?,45-30?,46-29?,47-30?,52-50?;. The number of rotatable bonds is 20. The van der Waals surface area contributed by atoms with Crippen LogP contribution in [0.1, 0.15) is 131 Å². The zero-order valence-electron chi connectivity index (χ0n) is 40.7. The summed E-state index contributed by atoms with van der Waals surface area (Å²) in [6.07, 6.45) is 22.9. The number of nitrogens with zero attached hydrogens (tertiary/aromatic N) is 4. The van der Waals surface area contributed by atoms with Gasteiger partial charge < -0.3 is 19.6 Å². The van der Waals surface area contributed by atoms with Crippen LogP contribution < -0.4 is 20.8 Å². The van der Waals surface area contributed by atoms with Crippen LogP contribution in [-0.2, 0) is 25.5 Å². The number of esters is 2. The predicted molar refractivity (Wildman–Crippen MR) is 265 cm³/mol. The van der Waals surface area contributed by atoms with Gasteiger partial charge in [-0.3, -0.25) is 9.59 Å². The van der Waals surface area contributed by atoms with Crippen LogP contribution >= 0.6 is 0 Å². The first-order valence-electron chi connectivity index (χ1n) is 23.4. The Hall–Kier alpha value is -4.80. The predicted octanol–water partition coefficient (Wildman–Crippen LogP) is 9.21. The number of hydrogen-bond acceptors (Lipinski definition) is 8. The van der Waals surface area contributed by atoms with Crippen molar-refractivity contribution < 1.29 is 24.2 Å². The number of carbonyl (C=O) groups is 2. The van der Waals surface area contributed by atoms with E-state index in [-0.39, 0.29) is 48.5 Å². The van der Waals surface area contributed by atoms with Crippen LogP contribution in [0.25, 0.3) is 11.6 Å². The summed E-state index contributed by atoms with van der Waals surface area (Å²) in [6, 6.07) is 0. The van der Waals surface area contributed by atoms with Crippen molar-refractivity contribution in [3.05, 3.63) is 127 Å². The Bertz CT molecular complexity index is 2560. The third-order valence-corrected chi connectivity index (χ3v) is 13.6. The second-order valence-electron chi connectivity index (χ2n) is 18.8. The number of methoxy groups -OCH3 is 1. The van der Waals surface area contributed by atoms with Crippen molar-refractivity contribution in [2.45, 2.75) is 133 Å². The molecule has 1 aromatic heterocycles. The maximum atomic E-state index is 14.3. The van der Waals surface area contributed by atoms with Gasteiger partial charge in [0.25, 0.3) is 0 Å². The number of ether oxygens (including phenoxy) is 2. The van der Waals surface area contributed by atoms with Crippen LogP contribution in [0.15, 0.2) is 120 Å². The quantitative estimate of drug-likeness (QED) is 0.0731. The summed E-state index contributed by atoms with van der Waals surface area (Å²) in [5.41, 5.74) is 11.4. The van der Waals surface area contributed by atoms with Crippen molar-refractivity contribution in [1.29, 1.82) is 0 Å². The van der Waals surface area contributed by atoms with Gasteiger partial charge in [0.15, 0.2) is 0 Å². The maximum Gasteiger partial charge on any atom is 2.00 e. The molecule has 10 heteroatoms. The van der Waals surface area contributed by atoms with Crippen molar-refractivity contribution in [2.75, 3.05) is 13.7 Å². The summed E-state index contributed by atoms with van der Waals surface area (Å²) in [4.78, 5) is 47.1. The Morgan fingerprint density at radius 2 is 1.40 bits per heavy atom. The zero-order valence-corrected chi connectivity index (χ0v) is 42.1. The van der Waals surface area contributed by atoms with Crippen LogP contribution in [-0.4, -0.2) is 65.8 Å². The largest absolute Gasteiger partial charge is 2.00 e. The van der Waals surface area contributed by atoms with Gasteiger partial charge in [-0.25, -0.2) is 15.0 Å². The van der Waals surface area contributed by atoms with E-state index in [1.54, 1.807) is 12.2 Å². The first-order valence-corrected chi connectivity index (χ1v) is 23.4. The van der Waals surface area contributed by atoms with Crippen molar-refractivity contribution in [2.24, 2.45) is 38.6 Å². The van der Waals surface area contributed by atoms with Gasteiger partial charge in [0.05, 0.1) is 47.3 Å². The van der Waals surface area contributed by atoms with Crippen molar-refractivity contribution in [3.63, 3.8) is 0 Å². The fourth-order valence-electron chi connectivity index (χ4n) is 9.48. The van der Waals surface area contributed by atoms with Crippen LogP contribution in [0.4, 0.5) is 0 Å². The second kappa shape index (κ2) is 22.6. The fourth-order valence-corrected chi connectivity index (χ4v) is 9.48. The average Bonchev–Trinajstić information content (AvgIpc) is 3.99. The number of carbonyl (C=O) groups excluding carboxylic acids is 2. The van der Waals surface area contributed by atoms with Gasteiger partial charge in [-0.2, -0.15) is 0 Å². The molecule has 0 amide bonds. The van der Waals surface area contributed by atoms with Crippen LogP contribution in [0, 0.1) is 30.6 Å². The molecule has 0 spiro atoms. The van der Waals surface area contributed by atoms with Crippen molar-refractivity contribution in [1.82, 2.24) is 4.98 Å². The molecular formula is C55H68MgN4O5. The van der Waals surface area contributed by atoms with Crippen LogP contribution in [0.5, 0.6) is 0 Å². The molecule has 340 valence electrons. The van der Waals surface area contributed by atoms with E-state index in [0.29, 0.717) is 56.2 Å². The van der Waals surface area contributed by atoms with Crippen LogP contribution in [0.3, 0.4) is 0 Å². The molecule has 6 rings (SSSR count). The minimum atomic E-state index is -1.27. The first kappa shape index (κ1) is 51.2. The number of aliphatic imine (C=N–C) groups is 3. The molecule has 5 heterocycles. The molecule has 0 fully saturated rings. The molecule has 3 unspecified atom stereocenters. The summed E-state index contributed by atoms with van der Waals surface area (Å²) < 4.78 is 11.0. The summed E-state index contributed by atoms with van der Waals surface area (Å²) in [7, 11) is 1.27. The molecule has 1 aliphatic carbocycles. The third-order valence-electron chi connectivity index (χ3n) is 13.6. The SMILES string of the molecule is C=CC1=C(C)C2=NC1=CC1=C(C)C3=C([O-])C(C(=O)OC)C(=c4[n-]c(c(C)c4CCC(=O)OC/C=C(\C)CCCC(C)CCCC(C)CCCC(C)C)=CC4=NC(=C2)C(C=C)=C4C)C3=N1.[Mg+2]. The summed E-state index contributed by atoms with van der Waals surface area (Å²) in [5, 5.41) is 15.4. The van der Waals surface area contributed by atoms with E-state index in [0.717, 1.165) is 69.5 Å². The van der Waals surface area contributed by atoms with Gasteiger partial charge >= 0.3 is 35.0 Å². The first-order chi connectivity index (χ1) is 30.6. The van der Waals surface area contributed by atoms with Gasteiger partial charge in [-0.15, -0.1) is 16.5 Å². The van der Waals surface area contributed by atoms with Gasteiger partial charge in [-0.1, -0.05) is 121 Å². The van der Waals surface area contributed by atoms with Crippen LogP contribution in [0.2, 0.25) is 0 Å². The van der Waals surface area contributed by atoms with E-state index in [4.69, 9.17) is 29.4 Å². The van der Waals surface area contributed by atoms with Gasteiger partial charge in [0, 0.05) is 17.6 Å². The Morgan fingerprint density at radius 3 is 2.00 bits per heavy atom. The molecule has 0 saturated carbocycles. The molecule has 9 nitrogen and oxygen atoms in total. The average molecular weight is 889 g/mol.